The molecule has 1 N–H and O–H groups in total. The van der Waals surface area contributed by atoms with Crippen LogP contribution in [0.5, 0.6) is 0 Å². The molecule has 3 heterocycles. The Bertz CT molecular complexity index is 925. The van der Waals surface area contributed by atoms with Crippen LogP contribution in [0, 0.1) is 0 Å². The number of rotatable bonds is 5. The Balaban J connectivity index is 0.00000256. The average molecular weight is 535 g/mol. The van der Waals surface area contributed by atoms with Crippen molar-refractivity contribution in [2.45, 2.75) is 13.5 Å². The first-order valence-electron chi connectivity index (χ1n) is 9.88. The molecule has 1 fully saturated rings. The van der Waals surface area contributed by atoms with Crippen molar-refractivity contribution in [3.8, 4) is 10.6 Å². The minimum atomic E-state index is 0. The highest BCUT2D eigenvalue weighted by Crippen LogP contribution is 2.23. The van der Waals surface area contributed by atoms with Crippen LogP contribution in [-0.2, 0) is 6.54 Å². The molecule has 4 rings (SSSR count). The number of piperazine rings is 1. The first-order valence-corrected chi connectivity index (χ1v) is 10.8. The minimum absolute atomic E-state index is 0. The van der Waals surface area contributed by atoms with Crippen LogP contribution < -0.4 is 10.2 Å². The fourth-order valence-corrected chi connectivity index (χ4v) is 4.06. The van der Waals surface area contributed by atoms with Gasteiger partial charge in [0, 0.05) is 56.1 Å². The zero-order valence-corrected chi connectivity index (χ0v) is 20.1. The molecule has 2 aromatic heterocycles. The predicted octanol–water partition coefficient (Wildman–Crippen LogP) is 3.51. The van der Waals surface area contributed by atoms with Gasteiger partial charge in [-0.2, -0.15) is 0 Å². The Hall–Kier alpha value is -2.27. The summed E-state index contributed by atoms with van der Waals surface area (Å²) in [7, 11) is 0. The van der Waals surface area contributed by atoms with Gasteiger partial charge in [-0.25, -0.2) is 19.9 Å². The molecule has 3 aromatic rings. The molecule has 0 bridgehead atoms. The summed E-state index contributed by atoms with van der Waals surface area (Å²) >= 11 is 1.67. The second-order valence-corrected chi connectivity index (χ2v) is 7.56. The Kier molecular flexibility index (Phi) is 8.38. The summed E-state index contributed by atoms with van der Waals surface area (Å²) in [6, 6.07) is 12.1. The van der Waals surface area contributed by atoms with Crippen molar-refractivity contribution in [1.29, 1.82) is 0 Å². The lowest BCUT2D eigenvalue weighted by Crippen LogP contribution is -2.53. The van der Waals surface area contributed by atoms with Crippen molar-refractivity contribution in [1.82, 2.24) is 25.2 Å². The first-order chi connectivity index (χ1) is 14.3. The van der Waals surface area contributed by atoms with Gasteiger partial charge in [-0.05, 0) is 13.0 Å². The highest BCUT2D eigenvalue weighted by Gasteiger charge is 2.21. The van der Waals surface area contributed by atoms with Gasteiger partial charge in [0.25, 0.3) is 0 Å². The van der Waals surface area contributed by atoms with E-state index >= 15 is 0 Å². The van der Waals surface area contributed by atoms with E-state index in [0.29, 0.717) is 6.54 Å². The molecule has 30 heavy (non-hydrogen) atoms. The Morgan fingerprint density at radius 1 is 1.07 bits per heavy atom. The molecule has 0 aliphatic carbocycles. The zero-order chi connectivity index (χ0) is 19.9. The van der Waals surface area contributed by atoms with E-state index in [9.17, 15) is 0 Å². The fourth-order valence-electron chi connectivity index (χ4n) is 3.25. The highest BCUT2D eigenvalue weighted by molar-refractivity contribution is 14.0. The van der Waals surface area contributed by atoms with Gasteiger partial charge >= 0.3 is 0 Å². The van der Waals surface area contributed by atoms with E-state index in [2.05, 4.69) is 49.5 Å². The van der Waals surface area contributed by atoms with E-state index < -0.39 is 0 Å². The molecule has 0 spiro atoms. The number of anilines is 1. The molecule has 1 aliphatic rings. The lowest BCUT2D eigenvalue weighted by atomic mass is 10.2. The van der Waals surface area contributed by atoms with Gasteiger partial charge in [-0.1, -0.05) is 30.3 Å². The van der Waals surface area contributed by atoms with E-state index in [0.717, 1.165) is 60.9 Å². The molecule has 0 unspecified atom stereocenters. The largest absolute Gasteiger partial charge is 0.357 e. The van der Waals surface area contributed by atoms with E-state index in [1.807, 2.05) is 24.3 Å². The quantitative estimate of drug-likeness (QED) is 0.307. The van der Waals surface area contributed by atoms with Crippen LogP contribution in [0.25, 0.3) is 10.6 Å². The van der Waals surface area contributed by atoms with Crippen LogP contribution in [0.2, 0.25) is 0 Å². The van der Waals surface area contributed by atoms with Gasteiger partial charge < -0.3 is 15.1 Å². The van der Waals surface area contributed by atoms with Crippen LogP contribution in [0.1, 0.15) is 12.6 Å². The molecule has 1 aromatic carbocycles. The summed E-state index contributed by atoms with van der Waals surface area (Å²) in [6.07, 6.45) is 3.58. The third-order valence-electron chi connectivity index (χ3n) is 4.71. The number of hydrogen-bond donors (Lipinski definition) is 1. The summed E-state index contributed by atoms with van der Waals surface area (Å²) in [6.45, 7) is 7.04. The fraction of sp³-hybridized carbons (Fsp3) is 0.333. The molecule has 0 saturated carbocycles. The Morgan fingerprint density at radius 2 is 1.80 bits per heavy atom. The number of thiazole rings is 1. The smallest absolute Gasteiger partial charge is 0.225 e. The van der Waals surface area contributed by atoms with Crippen molar-refractivity contribution in [2.24, 2.45) is 4.99 Å². The number of aliphatic imine (C=N–C) groups is 1. The van der Waals surface area contributed by atoms with Crippen LogP contribution in [-0.4, -0.2) is 58.5 Å². The number of guanidine groups is 1. The van der Waals surface area contributed by atoms with Crippen LogP contribution >= 0.6 is 35.3 Å². The topological polar surface area (TPSA) is 69.5 Å². The van der Waals surface area contributed by atoms with Gasteiger partial charge in [0.15, 0.2) is 5.96 Å². The number of halogens is 1. The number of nitrogens with zero attached hydrogens (tertiary/aromatic N) is 6. The monoisotopic (exact) mass is 535 g/mol. The molecule has 0 amide bonds. The van der Waals surface area contributed by atoms with Crippen LogP contribution in [0.4, 0.5) is 5.95 Å². The van der Waals surface area contributed by atoms with Crippen molar-refractivity contribution in [3.63, 3.8) is 0 Å². The zero-order valence-electron chi connectivity index (χ0n) is 16.9. The number of benzene rings is 1. The van der Waals surface area contributed by atoms with E-state index in [4.69, 9.17) is 9.98 Å². The van der Waals surface area contributed by atoms with Crippen LogP contribution in [0.15, 0.2) is 59.2 Å². The maximum absolute atomic E-state index is 4.84. The summed E-state index contributed by atoms with van der Waals surface area (Å²) < 4.78 is 0. The number of nitrogens with one attached hydrogen (secondary N) is 1. The Morgan fingerprint density at radius 3 is 2.50 bits per heavy atom. The van der Waals surface area contributed by atoms with E-state index in [1.54, 1.807) is 23.7 Å². The number of hydrogen-bond acceptors (Lipinski definition) is 6. The lowest BCUT2D eigenvalue weighted by molar-refractivity contribution is 0.370. The van der Waals surface area contributed by atoms with Gasteiger partial charge in [-0.3, -0.25) is 0 Å². The van der Waals surface area contributed by atoms with Gasteiger partial charge in [0.1, 0.15) is 5.01 Å². The molecule has 1 saturated heterocycles. The second kappa shape index (κ2) is 11.2. The number of aromatic nitrogens is 3. The third kappa shape index (κ3) is 5.66. The SMILES string of the molecule is CCNC(=NCc1csc(-c2ccccc2)n1)N1CCN(c2ncccn2)CC1.I. The molecular weight excluding hydrogens is 509 g/mol. The average Bonchev–Trinajstić information content (AvgIpc) is 3.27. The summed E-state index contributed by atoms with van der Waals surface area (Å²) in [5.74, 6) is 1.74. The van der Waals surface area contributed by atoms with Crippen LogP contribution in [0.3, 0.4) is 0 Å². The molecule has 0 atom stereocenters. The summed E-state index contributed by atoms with van der Waals surface area (Å²) in [5, 5.41) is 6.55. The van der Waals surface area contributed by atoms with Crippen molar-refractivity contribution < 1.29 is 0 Å². The summed E-state index contributed by atoms with van der Waals surface area (Å²) in [5.41, 5.74) is 2.15. The second-order valence-electron chi connectivity index (χ2n) is 6.70. The standard InChI is InChI=1S/C21H25N7S.HI/c1-2-22-20(27-11-13-28(14-12-27)21-23-9-6-10-24-21)25-15-18-16-29-19(26-18)17-7-4-3-5-8-17;/h3-10,16H,2,11-15H2,1H3,(H,22,25);1H. The van der Waals surface area contributed by atoms with E-state index in [-0.39, 0.29) is 24.0 Å². The maximum Gasteiger partial charge on any atom is 0.225 e. The molecule has 0 radical (unpaired) electrons. The van der Waals surface area contributed by atoms with Crippen molar-refractivity contribution in [3.05, 3.63) is 59.9 Å². The third-order valence-corrected chi connectivity index (χ3v) is 5.65. The summed E-state index contributed by atoms with van der Waals surface area (Å²) in [4.78, 5) is 22.8. The van der Waals surface area contributed by atoms with Crippen molar-refractivity contribution >= 4 is 47.2 Å². The van der Waals surface area contributed by atoms with Gasteiger partial charge in [0.05, 0.1) is 12.2 Å². The molecule has 9 heteroatoms. The normalized spacial score (nSPS) is 14.4. The lowest BCUT2D eigenvalue weighted by Gasteiger charge is -2.36. The van der Waals surface area contributed by atoms with Crippen molar-refractivity contribution in [2.75, 3.05) is 37.6 Å². The molecule has 7 nitrogen and oxygen atoms in total. The maximum atomic E-state index is 4.84. The highest BCUT2D eigenvalue weighted by atomic mass is 127. The Labute approximate surface area is 198 Å². The molecule has 1 aliphatic heterocycles. The van der Waals surface area contributed by atoms with E-state index in [1.165, 1.54) is 0 Å². The molecule has 158 valence electrons. The molecular formula is C21H26IN7S. The predicted molar refractivity (Wildman–Crippen MR) is 134 cm³/mol. The first kappa shape index (κ1) is 22.4. The van der Waals surface area contributed by atoms with Gasteiger partial charge in [-0.15, -0.1) is 35.3 Å². The minimum Gasteiger partial charge on any atom is -0.357 e. The van der Waals surface area contributed by atoms with Gasteiger partial charge in [0.2, 0.25) is 5.95 Å².